The molecule has 0 aliphatic carbocycles. The summed E-state index contributed by atoms with van der Waals surface area (Å²) in [6, 6.07) is 14.5. The molecular formula is C15H12BrN5O2. The van der Waals surface area contributed by atoms with Crippen LogP contribution in [-0.4, -0.2) is 32.7 Å². The minimum atomic E-state index is -0.248. The lowest BCUT2D eigenvalue weighted by atomic mass is 10.3. The third kappa shape index (κ3) is 4.13. The van der Waals surface area contributed by atoms with Crippen molar-refractivity contribution in [1.29, 1.82) is 0 Å². The van der Waals surface area contributed by atoms with Crippen molar-refractivity contribution in [2.45, 2.75) is 0 Å². The second kappa shape index (κ2) is 7.01. The number of hydrogen-bond acceptors (Lipinski definition) is 5. The highest BCUT2D eigenvalue weighted by molar-refractivity contribution is 9.10. The molecule has 3 aromatic rings. The summed E-state index contributed by atoms with van der Waals surface area (Å²) in [6.45, 7) is -0.0727. The Labute approximate surface area is 140 Å². The number of amides is 1. The van der Waals surface area contributed by atoms with E-state index in [1.165, 1.54) is 11.0 Å². The van der Waals surface area contributed by atoms with Gasteiger partial charge in [-0.1, -0.05) is 22.0 Å². The summed E-state index contributed by atoms with van der Waals surface area (Å²) in [5.41, 5.74) is 1.39. The lowest BCUT2D eigenvalue weighted by Crippen LogP contribution is -2.20. The summed E-state index contributed by atoms with van der Waals surface area (Å²) < 4.78 is 7.89. The molecule has 0 spiro atoms. The fourth-order valence-corrected chi connectivity index (χ4v) is 2.15. The number of tetrazole rings is 1. The van der Waals surface area contributed by atoms with Gasteiger partial charge in [0.05, 0.1) is 5.69 Å². The lowest BCUT2D eigenvalue weighted by molar-refractivity contribution is -0.118. The number of halogens is 1. The molecule has 116 valence electrons. The van der Waals surface area contributed by atoms with Crippen LogP contribution >= 0.6 is 15.9 Å². The van der Waals surface area contributed by atoms with Crippen LogP contribution in [0.2, 0.25) is 0 Å². The highest BCUT2D eigenvalue weighted by Crippen LogP contribution is 2.16. The van der Waals surface area contributed by atoms with Crippen molar-refractivity contribution in [2.75, 3.05) is 11.9 Å². The quantitative estimate of drug-likeness (QED) is 0.742. The van der Waals surface area contributed by atoms with Gasteiger partial charge in [-0.25, -0.2) is 4.68 Å². The van der Waals surface area contributed by atoms with Crippen LogP contribution in [0.25, 0.3) is 5.69 Å². The fraction of sp³-hybridized carbons (Fsp3) is 0.0667. The predicted molar refractivity (Wildman–Crippen MR) is 87.4 cm³/mol. The average molecular weight is 374 g/mol. The van der Waals surface area contributed by atoms with Crippen molar-refractivity contribution >= 4 is 27.5 Å². The molecule has 1 N–H and O–H groups in total. The molecule has 1 amide bonds. The van der Waals surface area contributed by atoms with E-state index in [0.29, 0.717) is 11.4 Å². The highest BCUT2D eigenvalue weighted by Gasteiger charge is 2.05. The third-order valence-corrected chi connectivity index (χ3v) is 3.46. The van der Waals surface area contributed by atoms with Gasteiger partial charge in [0.15, 0.2) is 6.61 Å². The Morgan fingerprint density at radius 1 is 1.22 bits per heavy atom. The molecule has 1 heterocycles. The SMILES string of the molecule is O=C(COc1ccc(Br)cc1)Nc1cccc(-n2cnnn2)c1. The molecule has 3 rings (SSSR count). The van der Waals surface area contributed by atoms with Crippen molar-refractivity contribution in [3.05, 3.63) is 59.3 Å². The second-order valence-corrected chi connectivity index (χ2v) is 5.51. The molecule has 0 saturated heterocycles. The Bertz CT molecular complexity index is 790. The molecule has 0 fully saturated rings. The molecule has 0 saturated carbocycles. The molecule has 0 radical (unpaired) electrons. The van der Waals surface area contributed by atoms with Crippen LogP contribution in [0.5, 0.6) is 5.75 Å². The Hall–Kier alpha value is -2.74. The van der Waals surface area contributed by atoms with E-state index in [4.69, 9.17) is 4.74 Å². The van der Waals surface area contributed by atoms with Gasteiger partial charge in [0.1, 0.15) is 12.1 Å². The van der Waals surface area contributed by atoms with Gasteiger partial charge >= 0.3 is 0 Å². The maximum atomic E-state index is 12.0. The van der Waals surface area contributed by atoms with Gasteiger partial charge in [0.25, 0.3) is 5.91 Å². The van der Waals surface area contributed by atoms with Gasteiger partial charge in [-0.2, -0.15) is 0 Å². The first-order valence-electron chi connectivity index (χ1n) is 6.72. The van der Waals surface area contributed by atoms with Crippen molar-refractivity contribution < 1.29 is 9.53 Å². The Balaban J connectivity index is 1.59. The molecule has 0 aliphatic rings. The van der Waals surface area contributed by atoms with Gasteiger partial charge in [-0.15, -0.1) is 5.10 Å². The zero-order valence-corrected chi connectivity index (χ0v) is 13.5. The first kappa shape index (κ1) is 15.2. The molecule has 1 aromatic heterocycles. The predicted octanol–water partition coefficient (Wildman–Crippen LogP) is 2.44. The van der Waals surface area contributed by atoms with Crippen LogP contribution in [0.3, 0.4) is 0 Å². The molecule has 0 aliphatic heterocycles. The molecular weight excluding hydrogens is 362 g/mol. The van der Waals surface area contributed by atoms with E-state index in [1.807, 2.05) is 24.3 Å². The first-order valence-corrected chi connectivity index (χ1v) is 7.52. The Morgan fingerprint density at radius 3 is 2.78 bits per heavy atom. The number of ether oxygens (including phenoxy) is 1. The van der Waals surface area contributed by atoms with E-state index in [0.717, 1.165) is 10.2 Å². The molecule has 0 unspecified atom stereocenters. The number of carbonyl (C=O) groups is 1. The maximum absolute atomic E-state index is 12.0. The maximum Gasteiger partial charge on any atom is 0.262 e. The van der Waals surface area contributed by atoms with Gasteiger partial charge in [0, 0.05) is 10.2 Å². The number of rotatable bonds is 5. The number of aromatic nitrogens is 4. The van der Waals surface area contributed by atoms with E-state index < -0.39 is 0 Å². The van der Waals surface area contributed by atoms with Crippen molar-refractivity contribution in [3.63, 3.8) is 0 Å². The van der Waals surface area contributed by atoms with Crippen LogP contribution in [0.1, 0.15) is 0 Å². The molecule has 23 heavy (non-hydrogen) atoms. The normalized spacial score (nSPS) is 10.3. The Kier molecular flexibility index (Phi) is 4.62. The minimum Gasteiger partial charge on any atom is -0.484 e. The van der Waals surface area contributed by atoms with Crippen LogP contribution in [0, 0.1) is 0 Å². The molecule has 0 atom stereocenters. The highest BCUT2D eigenvalue weighted by atomic mass is 79.9. The third-order valence-electron chi connectivity index (χ3n) is 2.93. The van der Waals surface area contributed by atoms with Crippen LogP contribution in [-0.2, 0) is 4.79 Å². The van der Waals surface area contributed by atoms with E-state index in [9.17, 15) is 4.79 Å². The van der Waals surface area contributed by atoms with Crippen molar-refractivity contribution in [2.24, 2.45) is 0 Å². The second-order valence-electron chi connectivity index (χ2n) is 4.60. The summed E-state index contributed by atoms with van der Waals surface area (Å²) in [5, 5.41) is 13.7. The number of benzene rings is 2. The smallest absolute Gasteiger partial charge is 0.262 e. The summed E-state index contributed by atoms with van der Waals surface area (Å²) in [6.07, 6.45) is 1.48. The monoisotopic (exact) mass is 373 g/mol. The van der Waals surface area contributed by atoms with Gasteiger partial charge in [0.2, 0.25) is 0 Å². The van der Waals surface area contributed by atoms with Crippen LogP contribution < -0.4 is 10.1 Å². The lowest BCUT2D eigenvalue weighted by Gasteiger charge is -2.08. The van der Waals surface area contributed by atoms with Crippen LogP contribution in [0.15, 0.2) is 59.3 Å². The van der Waals surface area contributed by atoms with Crippen molar-refractivity contribution in [1.82, 2.24) is 20.2 Å². The number of nitrogens with zero attached hydrogens (tertiary/aromatic N) is 4. The summed E-state index contributed by atoms with van der Waals surface area (Å²) in [7, 11) is 0. The standard InChI is InChI=1S/C15H12BrN5O2/c16-11-4-6-14(7-5-11)23-9-15(22)18-12-2-1-3-13(8-12)21-10-17-19-20-21/h1-8,10H,9H2,(H,18,22). The number of nitrogens with one attached hydrogen (secondary N) is 1. The van der Waals surface area contributed by atoms with E-state index in [2.05, 4.69) is 36.8 Å². The van der Waals surface area contributed by atoms with Gasteiger partial charge in [-0.3, -0.25) is 4.79 Å². The number of hydrogen-bond donors (Lipinski definition) is 1. The topological polar surface area (TPSA) is 81.9 Å². The molecule has 2 aromatic carbocycles. The van der Waals surface area contributed by atoms with Crippen molar-refractivity contribution in [3.8, 4) is 11.4 Å². The largest absolute Gasteiger partial charge is 0.484 e. The zero-order valence-electron chi connectivity index (χ0n) is 11.9. The van der Waals surface area contributed by atoms with Crippen LogP contribution in [0.4, 0.5) is 5.69 Å². The Morgan fingerprint density at radius 2 is 2.04 bits per heavy atom. The average Bonchev–Trinajstić information content (AvgIpc) is 3.09. The summed E-state index contributed by atoms with van der Waals surface area (Å²) >= 11 is 3.34. The first-order chi connectivity index (χ1) is 11.2. The summed E-state index contributed by atoms with van der Waals surface area (Å²) in [5.74, 6) is 0.382. The van der Waals surface area contributed by atoms with Gasteiger partial charge < -0.3 is 10.1 Å². The van der Waals surface area contributed by atoms with E-state index in [-0.39, 0.29) is 12.5 Å². The summed E-state index contributed by atoms with van der Waals surface area (Å²) in [4.78, 5) is 12.0. The van der Waals surface area contributed by atoms with Gasteiger partial charge in [-0.05, 0) is 52.9 Å². The zero-order chi connectivity index (χ0) is 16.1. The minimum absolute atomic E-state index is 0.0727. The van der Waals surface area contributed by atoms with E-state index in [1.54, 1.807) is 24.3 Å². The molecule has 7 nitrogen and oxygen atoms in total. The molecule has 0 bridgehead atoms. The molecule has 8 heteroatoms. The van der Waals surface area contributed by atoms with E-state index >= 15 is 0 Å². The number of anilines is 1. The fourth-order valence-electron chi connectivity index (χ4n) is 1.88. The number of carbonyl (C=O) groups excluding carboxylic acids is 1.